The summed E-state index contributed by atoms with van der Waals surface area (Å²) in [4.78, 5) is 0. The lowest BCUT2D eigenvalue weighted by molar-refractivity contribution is 0.288. The van der Waals surface area contributed by atoms with E-state index in [1.165, 1.54) is 11.1 Å². The summed E-state index contributed by atoms with van der Waals surface area (Å²) in [6, 6.07) is 8.05. The Morgan fingerprint density at radius 1 is 1.25 bits per heavy atom. The average Bonchev–Trinajstić information content (AvgIpc) is 2.27. The van der Waals surface area contributed by atoms with Gasteiger partial charge in [-0.15, -0.1) is 0 Å². The first kappa shape index (κ1) is 12.8. The third-order valence-corrected chi connectivity index (χ3v) is 2.29. The van der Waals surface area contributed by atoms with Crippen LogP contribution in [0.5, 0.6) is 5.75 Å². The Hall–Kier alpha value is -1.28. The van der Waals surface area contributed by atoms with E-state index in [1.54, 1.807) is 0 Å². The van der Waals surface area contributed by atoms with Crippen molar-refractivity contribution >= 4 is 0 Å². The molecule has 16 heavy (non-hydrogen) atoms. The molecule has 0 spiro atoms. The molecule has 0 aliphatic heterocycles. The molecule has 1 aromatic carbocycles. The maximum atomic E-state index is 8.72. The monoisotopic (exact) mass is 220 g/mol. The molecule has 2 heteroatoms. The summed E-state index contributed by atoms with van der Waals surface area (Å²) >= 11 is 0. The molecular formula is C14H20O2. The summed E-state index contributed by atoms with van der Waals surface area (Å²) in [7, 11) is 0. The van der Waals surface area contributed by atoms with Crippen molar-refractivity contribution in [3.63, 3.8) is 0 Å². The second kappa shape index (κ2) is 7.07. The molecule has 0 radical (unpaired) electrons. The van der Waals surface area contributed by atoms with Gasteiger partial charge in [0, 0.05) is 6.61 Å². The van der Waals surface area contributed by atoms with Crippen molar-refractivity contribution in [3.8, 4) is 5.75 Å². The number of aryl methyl sites for hydroxylation is 1. The van der Waals surface area contributed by atoms with Gasteiger partial charge in [0.25, 0.3) is 0 Å². The second-order valence-corrected chi connectivity index (χ2v) is 4.06. The zero-order valence-electron chi connectivity index (χ0n) is 10.1. The Morgan fingerprint density at radius 2 is 1.94 bits per heavy atom. The van der Waals surface area contributed by atoms with Crippen molar-refractivity contribution in [3.05, 3.63) is 41.5 Å². The standard InChI is InChI=1S/C14H20O2/c1-12(2)9-11-16-14-7-5-13(6-8-14)4-3-10-15/h5-9,15H,3-4,10-11H2,1-2H3. The number of allylic oxidation sites excluding steroid dienone is 1. The lowest BCUT2D eigenvalue weighted by Gasteiger charge is -2.05. The number of aliphatic hydroxyl groups is 1. The van der Waals surface area contributed by atoms with Gasteiger partial charge in [-0.1, -0.05) is 17.7 Å². The molecule has 0 heterocycles. The highest BCUT2D eigenvalue weighted by Crippen LogP contribution is 2.13. The number of aliphatic hydroxyl groups excluding tert-OH is 1. The number of hydrogen-bond acceptors (Lipinski definition) is 2. The van der Waals surface area contributed by atoms with E-state index >= 15 is 0 Å². The fourth-order valence-corrected chi connectivity index (χ4v) is 1.34. The van der Waals surface area contributed by atoms with E-state index in [-0.39, 0.29) is 6.61 Å². The maximum absolute atomic E-state index is 8.72. The molecule has 1 aromatic rings. The van der Waals surface area contributed by atoms with Crippen LogP contribution >= 0.6 is 0 Å². The molecule has 0 unspecified atom stereocenters. The van der Waals surface area contributed by atoms with Crippen molar-refractivity contribution in [1.82, 2.24) is 0 Å². The van der Waals surface area contributed by atoms with Crippen LogP contribution in [0.3, 0.4) is 0 Å². The van der Waals surface area contributed by atoms with Crippen molar-refractivity contribution < 1.29 is 9.84 Å². The van der Waals surface area contributed by atoms with Gasteiger partial charge >= 0.3 is 0 Å². The Bertz CT molecular complexity index is 321. The molecule has 88 valence electrons. The Morgan fingerprint density at radius 3 is 2.50 bits per heavy atom. The lowest BCUT2D eigenvalue weighted by atomic mass is 10.1. The first-order chi connectivity index (χ1) is 7.72. The third-order valence-electron chi connectivity index (χ3n) is 2.29. The smallest absolute Gasteiger partial charge is 0.119 e. The summed E-state index contributed by atoms with van der Waals surface area (Å²) in [5, 5.41) is 8.72. The van der Waals surface area contributed by atoms with Crippen LogP contribution in [-0.4, -0.2) is 18.3 Å². The fourth-order valence-electron chi connectivity index (χ4n) is 1.34. The van der Waals surface area contributed by atoms with Gasteiger partial charge in [0.1, 0.15) is 12.4 Å². The van der Waals surface area contributed by atoms with Gasteiger partial charge in [0.2, 0.25) is 0 Å². The quantitative estimate of drug-likeness (QED) is 0.747. The van der Waals surface area contributed by atoms with Crippen LogP contribution in [0.2, 0.25) is 0 Å². The Kier molecular flexibility index (Phi) is 5.65. The highest BCUT2D eigenvalue weighted by atomic mass is 16.5. The second-order valence-electron chi connectivity index (χ2n) is 4.06. The van der Waals surface area contributed by atoms with Crippen LogP contribution < -0.4 is 4.74 Å². The predicted molar refractivity (Wildman–Crippen MR) is 66.8 cm³/mol. The fraction of sp³-hybridized carbons (Fsp3) is 0.429. The zero-order chi connectivity index (χ0) is 11.8. The van der Waals surface area contributed by atoms with Gasteiger partial charge in [-0.3, -0.25) is 0 Å². The Labute approximate surface area is 97.6 Å². The van der Waals surface area contributed by atoms with Crippen molar-refractivity contribution in [2.45, 2.75) is 26.7 Å². The van der Waals surface area contributed by atoms with E-state index in [4.69, 9.17) is 9.84 Å². The highest BCUT2D eigenvalue weighted by Gasteiger charge is 1.94. The number of rotatable bonds is 6. The molecule has 0 bridgehead atoms. The summed E-state index contributed by atoms with van der Waals surface area (Å²) in [5.41, 5.74) is 2.50. The van der Waals surface area contributed by atoms with E-state index < -0.39 is 0 Å². The molecule has 0 aromatic heterocycles. The molecule has 0 aliphatic carbocycles. The number of benzene rings is 1. The number of hydrogen-bond donors (Lipinski definition) is 1. The van der Waals surface area contributed by atoms with E-state index in [2.05, 4.69) is 19.9 Å². The normalized spacial score (nSPS) is 9.94. The summed E-state index contributed by atoms with van der Waals surface area (Å²) < 4.78 is 5.55. The molecule has 0 aliphatic rings. The van der Waals surface area contributed by atoms with Crippen LogP contribution in [0.4, 0.5) is 0 Å². The van der Waals surface area contributed by atoms with Crippen molar-refractivity contribution in [2.24, 2.45) is 0 Å². The van der Waals surface area contributed by atoms with Crippen molar-refractivity contribution in [1.29, 1.82) is 0 Å². The highest BCUT2D eigenvalue weighted by molar-refractivity contribution is 5.27. The minimum Gasteiger partial charge on any atom is -0.490 e. The minimum atomic E-state index is 0.249. The van der Waals surface area contributed by atoms with Gasteiger partial charge in [0.05, 0.1) is 0 Å². The topological polar surface area (TPSA) is 29.5 Å². The maximum Gasteiger partial charge on any atom is 0.119 e. The molecule has 0 fully saturated rings. The van der Waals surface area contributed by atoms with E-state index in [0.717, 1.165) is 18.6 Å². The SMILES string of the molecule is CC(C)=CCOc1ccc(CCCO)cc1. The van der Waals surface area contributed by atoms with Crippen molar-refractivity contribution in [2.75, 3.05) is 13.2 Å². The van der Waals surface area contributed by atoms with Gasteiger partial charge in [0.15, 0.2) is 0 Å². The van der Waals surface area contributed by atoms with Gasteiger partial charge in [-0.05, 0) is 50.5 Å². The summed E-state index contributed by atoms with van der Waals surface area (Å²) in [6.07, 6.45) is 3.79. The Balaban J connectivity index is 2.42. The van der Waals surface area contributed by atoms with E-state index in [0.29, 0.717) is 6.61 Å². The predicted octanol–water partition coefficient (Wildman–Crippen LogP) is 2.96. The first-order valence-electron chi connectivity index (χ1n) is 5.68. The molecule has 0 atom stereocenters. The molecule has 1 N–H and O–H groups in total. The van der Waals surface area contributed by atoms with Crippen LogP contribution in [0.1, 0.15) is 25.8 Å². The van der Waals surface area contributed by atoms with Crippen LogP contribution in [-0.2, 0) is 6.42 Å². The third kappa shape index (κ3) is 4.99. The molecule has 0 saturated carbocycles. The summed E-state index contributed by atoms with van der Waals surface area (Å²) in [6.45, 7) is 4.99. The van der Waals surface area contributed by atoms with Gasteiger partial charge < -0.3 is 9.84 Å². The zero-order valence-corrected chi connectivity index (χ0v) is 10.1. The van der Waals surface area contributed by atoms with Crippen LogP contribution in [0, 0.1) is 0 Å². The van der Waals surface area contributed by atoms with Crippen LogP contribution in [0.25, 0.3) is 0 Å². The van der Waals surface area contributed by atoms with Crippen LogP contribution in [0.15, 0.2) is 35.9 Å². The van der Waals surface area contributed by atoms with Gasteiger partial charge in [-0.25, -0.2) is 0 Å². The van der Waals surface area contributed by atoms with Gasteiger partial charge in [-0.2, -0.15) is 0 Å². The first-order valence-corrected chi connectivity index (χ1v) is 5.68. The average molecular weight is 220 g/mol. The molecule has 1 rings (SSSR count). The molecule has 0 amide bonds. The molecule has 2 nitrogen and oxygen atoms in total. The largest absolute Gasteiger partial charge is 0.490 e. The minimum absolute atomic E-state index is 0.249. The number of ether oxygens (including phenoxy) is 1. The molecular weight excluding hydrogens is 200 g/mol. The lowest BCUT2D eigenvalue weighted by Crippen LogP contribution is -1.95. The molecule has 0 saturated heterocycles. The summed E-state index contributed by atoms with van der Waals surface area (Å²) in [5.74, 6) is 0.894. The van der Waals surface area contributed by atoms with E-state index in [1.807, 2.05) is 24.3 Å². The van der Waals surface area contributed by atoms with E-state index in [9.17, 15) is 0 Å².